The monoisotopic (exact) mass is 328 g/mol. The predicted octanol–water partition coefficient (Wildman–Crippen LogP) is 6.48. The van der Waals surface area contributed by atoms with Gasteiger partial charge in [-0.25, -0.2) is 8.78 Å². The lowest BCUT2D eigenvalue weighted by atomic mass is 10.1. The summed E-state index contributed by atoms with van der Waals surface area (Å²) in [6, 6.07) is 17.2. The van der Waals surface area contributed by atoms with E-state index in [4.69, 9.17) is 0 Å². The van der Waals surface area contributed by atoms with E-state index in [1.165, 1.54) is 29.0 Å². The summed E-state index contributed by atoms with van der Waals surface area (Å²) in [6.07, 6.45) is -0.429. The van der Waals surface area contributed by atoms with Gasteiger partial charge in [0.25, 0.3) is 0 Å². The van der Waals surface area contributed by atoms with Crippen LogP contribution in [0.15, 0.2) is 54.6 Å². The van der Waals surface area contributed by atoms with Gasteiger partial charge >= 0.3 is 0 Å². The van der Waals surface area contributed by atoms with Crippen molar-refractivity contribution in [3.05, 3.63) is 82.0 Å². The fourth-order valence-electron chi connectivity index (χ4n) is 2.65. The number of benzene rings is 2. The van der Waals surface area contributed by atoms with Gasteiger partial charge in [-0.2, -0.15) is 0 Å². The van der Waals surface area contributed by atoms with Gasteiger partial charge in [0.05, 0.1) is 0 Å². The second-order valence-corrected chi connectivity index (χ2v) is 6.95. The molecule has 1 heterocycles. The van der Waals surface area contributed by atoms with Crippen LogP contribution in [0.3, 0.4) is 0 Å². The van der Waals surface area contributed by atoms with Gasteiger partial charge in [-0.05, 0) is 49.2 Å². The van der Waals surface area contributed by atoms with Crippen molar-refractivity contribution >= 4 is 11.3 Å². The highest BCUT2D eigenvalue weighted by molar-refractivity contribution is 7.15. The van der Waals surface area contributed by atoms with Crippen LogP contribution in [0.1, 0.15) is 34.7 Å². The summed E-state index contributed by atoms with van der Waals surface area (Å²) in [7, 11) is 0. The van der Waals surface area contributed by atoms with E-state index < -0.39 is 12.0 Å². The molecule has 0 amide bonds. The minimum Gasteiger partial charge on any atom is -0.242 e. The predicted molar refractivity (Wildman–Crippen MR) is 93.2 cm³/mol. The van der Waals surface area contributed by atoms with Gasteiger partial charge < -0.3 is 0 Å². The topological polar surface area (TPSA) is 0 Å². The Morgan fingerprint density at radius 2 is 1.87 bits per heavy atom. The number of halogens is 2. The lowest BCUT2D eigenvalue weighted by Crippen LogP contribution is -1.91. The van der Waals surface area contributed by atoms with Crippen molar-refractivity contribution in [1.29, 1.82) is 0 Å². The van der Waals surface area contributed by atoms with E-state index in [-0.39, 0.29) is 5.56 Å². The minimum absolute atomic E-state index is 0.121. The molecule has 1 aromatic heterocycles. The molecule has 0 saturated heterocycles. The third-order valence-electron chi connectivity index (χ3n) is 3.83. The van der Waals surface area contributed by atoms with Crippen molar-refractivity contribution < 1.29 is 8.78 Å². The maximum Gasteiger partial charge on any atom is 0.129 e. The lowest BCUT2D eigenvalue weighted by Gasteiger charge is -2.06. The highest BCUT2D eigenvalue weighted by atomic mass is 32.1. The number of hydrogen-bond acceptors (Lipinski definition) is 1. The van der Waals surface area contributed by atoms with Crippen LogP contribution in [0.2, 0.25) is 0 Å². The van der Waals surface area contributed by atoms with Crippen LogP contribution in [-0.4, -0.2) is 0 Å². The molecule has 0 aliphatic carbocycles. The van der Waals surface area contributed by atoms with Crippen LogP contribution in [0, 0.1) is 12.7 Å². The molecule has 0 aliphatic heterocycles. The molecule has 23 heavy (non-hydrogen) atoms. The fraction of sp³-hybridized carbons (Fsp3) is 0.200. The van der Waals surface area contributed by atoms with Crippen molar-refractivity contribution in [2.45, 2.75) is 26.4 Å². The van der Waals surface area contributed by atoms with Crippen LogP contribution < -0.4 is 0 Å². The Bertz CT molecular complexity index is 818. The first-order valence-electron chi connectivity index (χ1n) is 7.61. The van der Waals surface area contributed by atoms with Gasteiger partial charge in [0.2, 0.25) is 0 Å². The second kappa shape index (κ2) is 6.63. The first kappa shape index (κ1) is 15.9. The van der Waals surface area contributed by atoms with Crippen molar-refractivity contribution in [2.75, 3.05) is 0 Å². The van der Waals surface area contributed by atoms with E-state index in [9.17, 15) is 8.78 Å². The molecule has 0 N–H and O–H groups in total. The number of aryl methyl sites for hydroxylation is 1. The van der Waals surface area contributed by atoms with Crippen LogP contribution in [-0.2, 0) is 6.42 Å². The third-order valence-corrected chi connectivity index (χ3v) is 4.97. The van der Waals surface area contributed by atoms with Gasteiger partial charge in [0, 0.05) is 21.7 Å². The van der Waals surface area contributed by atoms with Crippen LogP contribution in [0.5, 0.6) is 0 Å². The van der Waals surface area contributed by atoms with E-state index in [1.54, 1.807) is 23.5 Å². The van der Waals surface area contributed by atoms with Crippen molar-refractivity contribution in [2.24, 2.45) is 0 Å². The highest BCUT2D eigenvalue weighted by Gasteiger charge is 2.12. The Morgan fingerprint density at radius 1 is 1.04 bits per heavy atom. The molecule has 0 spiro atoms. The molecular weight excluding hydrogens is 310 g/mol. The summed E-state index contributed by atoms with van der Waals surface area (Å²) in [6.45, 7) is 3.45. The maximum atomic E-state index is 13.6. The SMILES string of the molecule is Cc1cccc(Cc2ccc(-c3ccc(F)c(C(C)F)c3)s2)c1. The first-order chi connectivity index (χ1) is 11.0. The van der Waals surface area contributed by atoms with E-state index >= 15 is 0 Å². The molecule has 0 bridgehead atoms. The van der Waals surface area contributed by atoms with Crippen LogP contribution in [0.4, 0.5) is 8.78 Å². The lowest BCUT2D eigenvalue weighted by molar-refractivity contribution is 0.361. The second-order valence-electron chi connectivity index (χ2n) is 5.78. The average molecular weight is 328 g/mol. The molecule has 1 atom stereocenters. The van der Waals surface area contributed by atoms with Gasteiger partial charge in [0.1, 0.15) is 12.0 Å². The molecule has 0 fully saturated rings. The molecule has 0 nitrogen and oxygen atoms in total. The fourth-order valence-corrected chi connectivity index (χ4v) is 3.69. The zero-order valence-corrected chi connectivity index (χ0v) is 14.0. The summed E-state index contributed by atoms with van der Waals surface area (Å²) in [5.41, 5.74) is 3.51. The molecule has 0 aliphatic rings. The van der Waals surface area contributed by atoms with Gasteiger partial charge in [-0.3, -0.25) is 0 Å². The number of hydrogen-bond donors (Lipinski definition) is 0. The Kier molecular flexibility index (Phi) is 4.58. The zero-order chi connectivity index (χ0) is 16.4. The average Bonchev–Trinajstić information content (AvgIpc) is 2.96. The van der Waals surface area contributed by atoms with Crippen molar-refractivity contribution in [1.82, 2.24) is 0 Å². The van der Waals surface area contributed by atoms with E-state index in [1.807, 2.05) is 6.07 Å². The molecule has 3 rings (SSSR count). The van der Waals surface area contributed by atoms with Gasteiger partial charge in [-0.15, -0.1) is 11.3 Å². The summed E-state index contributed by atoms with van der Waals surface area (Å²) in [5, 5.41) is 0. The largest absolute Gasteiger partial charge is 0.242 e. The van der Waals surface area contributed by atoms with Crippen molar-refractivity contribution in [3.63, 3.8) is 0 Å². The molecule has 0 saturated carbocycles. The summed E-state index contributed by atoms with van der Waals surface area (Å²) < 4.78 is 27.1. The standard InChI is InChI=1S/C20H18F2S/c1-13-4-3-5-15(10-13)11-17-7-9-20(23-17)16-6-8-19(22)18(12-16)14(2)21/h3-10,12,14H,11H2,1-2H3. The zero-order valence-electron chi connectivity index (χ0n) is 13.1. The van der Waals surface area contributed by atoms with Crippen LogP contribution in [0.25, 0.3) is 10.4 Å². The Morgan fingerprint density at radius 3 is 2.61 bits per heavy atom. The molecule has 3 heteroatoms. The Hall–Kier alpha value is -2.00. The van der Waals surface area contributed by atoms with Crippen LogP contribution >= 0.6 is 11.3 Å². The molecule has 3 aromatic rings. The normalized spacial score (nSPS) is 12.3. The Balaban J connectivity index is 1.86. The van der Waals surface area contributed by atoms with E-state index in [0.717, 1.165) is 16.9 Å². The highest BCUT2D eigenvalue weighted by Crippen LogP contribution is 2.32. The minimum atomic E-state index is -1.30. The van der Waals surface area contributed by atoms with Gasteiger partial charge in [0.15, 0.2) is 0 Å². The van der Waals surface area contributed by atoms with Crippen molar-refractivity contribution in [3.8, 4) is 10.4 Å². The summed E-state index contributed by atoms with van der Waals surface area (Å²) >= 11 is 1.67. The van der Waals surface area contributed by atoms with Gasteiger partial charge in [-0.1, -0.05) is 35.9 Å². The molecular formula is C20H18F2S. The third kappa shape index (κ3) is 3.67. The summed E-state index contributed by atoms with van der Waals surface area (Å²) in [5.74, 6) is -0.486. The molecule has 118 valence electrons. The smallest absolute Gasteiger partial charge is 0.129 e. The quantitative estimate of drug-likeness (QED) is 0.514. The molecule has 0 radical (unpaired) electrons. The molecule has 2 aromatic carbocycles. The molecule has 1 unspecified atom stereocenters. The van der Waals surface area contributed by atoms with E-state index in [0.29, 0.717) is 0 Å². The first-order valence-corrected chi connectivity index (χ1v) is 8.43. The Labute approximate surface area is 139 Å². The maximum absolute atomic E-state index is 13.6. The number of thiophene rings is 1. The van der Waals surface area contributed by atoms with E-state index in [2.05, 4.69) is 37.3 Å². The summed E-state index contributed by atoms with van der Waals surface area (Å²) in [4.78, 5) is 2.28. The number of alkyl halides is 1. The number of rotatable bonds is 4.